The van der Waals surface area contributed by atoms with Gasteiger partial charge in [0.15, 0.2) is 0 Å². The van der Waals surface area contributed by atoms with E-state index in [9.17, 15) is 4.79 Å². The van der Waals surface area contributed by atoms with Gasteiger partial charge < -0.3 is 10.1 Å². The summed E-state index contributed by atoms with van der Waals surface area (Å²) in [4.78, 5) is 12.4. The van der Waals surface area contributed by atoms with Crippen molar-refractivity contribution >= 4 is 14.2 Å². The SMILES string of the molecule is C=C([C@H](CC)[C@@H](NC(=O)OC(C)(C)C)c1ccccc1)[Si](C)(C)C. The second-order valence-corrected chi connectivity index (χ2v) is 13.5. The summed E-state index contributed by atoms with van der Waals surface area (Å²) in [6.07, 6.45) is 0.552. The van der Waals surface area contributed by atoms with Crippen molar-refractivity contribution in [1.82, 2.24) is 5.32 Å². The molecule has 0 unspecified atom stereocenters. The Balaban J connectivity index is 3.14. The van der Waals surface area contributed by atoms with Crippen LogP contribution in [0.3, 0.4) is 0 Å². The van der Waals surface area contributed by atoms with Crippen molar-refractivity contribution in [3.63, 3.8) is 0 Å². The normalized spacial score (nSPS) is 14.6. The Labute approximate surface area is 148 Å². The lowest BCUT2D eigenvalue weighted by Crippen LogP contribution is -2.41. The fourth-order valence-corrected chi connectivity index (χ4v) is 4.23. The van der Waals surface area contributed by atoms with Crippen LogP contribution in [0.4, 0.5) is 4.79 Å². The molecule has 24 heavy (non-hydrogen) atoms. The molecule has 4 heteroatoms. The van der Waals surface area contributed by atoms with Crippen LogP contribution in [0.5, 0.6) is 0 Å². The smallest absolute Gasteiger partial charge is 0.408 e. The van der Waals surface area contributed by atoms with Crippen LogP contribution in [0, 0.1) is 5.92 Å². The number of ether oxygens (including phenoxy) is 1. The fourth-order valence-electron chi connectivity index (χ4n) is 2.75. The minimum atomic E-state index is -1.52. The molecule has 0 fully saturated rings. The second-order valence-electron chi connectivity index (χ2n) is 8.32. The van der Waals surface area contributed by atoms with Crippen molar-refractivity contribution < 1.29 is 9.53 Å². The van der Waals surface area contributed by atoms with Gasteiger partial charge in [0.1, 0.15) is 5.60 Å². The molecule has 0 bridgehead atoms. The average molecular weight is 348 g/mol. The van der Waals surface area contributed by atoms with Crippen LogP contribution in [-0.4, -0.2) is 19.8 Å². The predicted molar refractivity (Wildman–Crippen MR) is 105 cm³/mol. The largest absolute Gasteiger partial charge is 0.444 e. The van der Waals surface area contributed by atoms with Gasteiger partial charge in [-0.2, -0.15) is 0 Å². The van der Waals surface area contributed by atoms with Crippen LogP contribution in [0.2, 0.25) is 19.6 Å². The maximum atomic E-state index is 12.4. The van der Waals surface area contributed by atoms with Crippen LogP contribution in [0.25, 0.3) is 0 Å². The van der Waals surface area contributed by atoms with Gasteiger partial charge in [-0.05, 0) is 32.8 Å². The molecule has 0 aliphatic rings. The Morgan fingerprint density at radius 1 is 1.21 bits per heavy atom. The molecule has 1 N–H and O–H groups in total. The molecule has 1 rings (SSSR count). The van der Waals surface area contributed by atoms with E-state index < -0.39 is 13.7 Å². The minimum absolute atomic E-state index is 0.120. The molecule has 0 aliphatic carbocycles. The van der Waals surface area contributed by atoms with Crippen molar-refractivity contribution in [3.05, 3.63) is 47.7 Å². The summed E-state index contributed by atoms with van der Waals surface area (Å²) in [5.41, 5.74) is 0.581. The van der Waals surface area contributed by atoms with Gasteiger partial charge >= 0.3 is 6.09 Å². The van der Waals surface area contributed by atoms with Gasteiger partial charge in [0.05, 0.1) is 14.1 Å². The van der Waals surface area contributed by atoms with Gasteiger partial charge in [0, 0.05) is 5.92 Å². The second kappa shape index (κ2) is 8.02. The number of benzene rings is 1. The fraction of sp³-hybridized carbons (Fsp3) is 0.550. The summed E-state index contributed by atoms with van der Waals surface area (Å²) >= 11 is 0. The van der Waals surface area contributed by atoms with E-state index in [0.29, 0.717) is 0 Å². The number of alkyl carbamates (subject to hydrolysis) is 1. The molecule has 1 aromatic rings. The monoisotopic (exact) mass is 347 g/mol. The number of hydrogen-bond acceptors (Lipinski definition) is 2. The van der Waals surface area contributed by atoms with Crippen LogP contribution in [0.1, 0.15) is 45.7 Å². The molecule has 3 nitrogen and oxygen atoms in total. The Morgan fingerprint density at radius 2 is 1.75 bits per heavy atom. The third kappa shape index (κ3) is 6.15. The molecule has 1 amide bonds. The maximum Gasteiger partial charge on any atom is 0.408 e. The molecule has 0 aliphatic heterocycles. The van der Waals surface area contributed by atoms with Crippen molar-refractivity contribution in [2.75, 3.05) is 0 Å². The zero-order valence-electron chi connectivity index (χ0n) is 16.3. The van der Waals surface area contributed by atoms with Gasteiger partial charge in [-0.25, -0.2) is 4.79 Å². The van der Waals surface area contributed by atoms with Crippen LogP contribution < -0.4 is 5.32 Å². The molecule has 134 valence electrons. The molecule has 0 radical (unpaired) electrons. The molecule has 0 saturated heterocycles. The summed E-state index contributed by atoms with van der Waals surface area (Å²) in [7, 11) is -1.52. The highest BCUT2D eigenvalue weighted by Crippen LogP contribution is 2.34. The number of nitrogens with one attached hydrogen (secondary N) is 1. The van der Waals surface area contributed by atoms with E-state index in [0.717, 1.165) is 12.0 Å². The Kier molecular flexibility index (Phi) is 6.84. The standard InChI is InChI=1S/C20H33NO2Si/c1-9-17(15(2)24(6,7)8)18(16-13-11-10-12-14-16)21-19(22)23-20(3,4)5/h10-14,17-18H,2,9H2,1,3-8H3,(H,21,22)/t17-,18-/m0/s1. The van der Waals surface area contributed by atoms with Crippen molar-refractivity contribution in [2.24, 2.45) is 5.92 Å². The van der Waals surface area contributed by atoms with E-state index in [2.05, 4.69) is 50.6 Å². The van der Waals surface area contributed by atoms with Crippen molar-refractivity contribution in [3.8, 4) is 0 Å². The lowest BCUT2D eigenvalue weighted by Gasteiger charge is -2.35. The van der Waals surface area contributed by atoms with Crippen LogP contribution in [0.15, 0.2) is 42.1 Å². The first-order valence-electron chi connectivity index (χ1n) is 8.69. The highest BCUT2D eigenvalue weighted by molar-refractivity contribution is 6.83. The molecule has 0 saturated carbocycles. The Hall–Kier alpha value is -1.55. The maximum absolute atomic E-state index is 12.4. The average Bonchev–Trinajstić information content (AvgIpc) is 2.44. The van der Waals surface area contributed by atoms with Gasteiger partial charge in [-0.1, -0.05) is 62.1 Å². The molecular weight excluding hydrogens is 314 g/mol. The summed E-state index contributed by atoms with van der Waals surface area (Å²) < 4.78 is 5.48. The first kappa shape index (κ1) is 20.5. The quantitative estimate of drug-likeness (QED) is 0.669. The number of rotatable bonds is 6. The first-order chi connectivity index (χ1) is 11.0. The third-order valence-electron chi connectivity index (χ3n) is 4.08. The Morgan fingerprint density at radius 3 is 2.17 bits per heavy atom. The van der Waals surface area contributed by atoms with E-state index >= 15 is 0 Å². The summed E-state index contributed by atoms with van der Waals surface area (Å²) in [5, 5.41) is 4.37. The molecule has 0 spiro atoms. The molecule has 2 atom stereocenters. The highest BCUT2D eigenvalue weighted by atomic mass is 28.3. The predicted octanol–water partition coefficient (Wildman–Crippen LogP) is 5.71. The van der Waals surface area contributed by atoms with Crippen molar-refractivity contribution in [1.29, 1.82) is 0 Å². The zero-order valence-corrected chi connectivity index (χ0v) is 17.3. The van der Waals surface area contributed by atoms with E-state index in [1.165, 1.54) is 5.20 Å². The van der Waals surface area contributed by atoms with E-state index in [1.54, 1.807) is 0 Å². The van der Waals surface area contributed by atoms with E-state index in [-0.39, 0.29) is 18.1 Å². The summed E-state index contributed by atoms with van der Waals surface area (Å²) in [6, 6.07) is 9.99. The van der Waals surface area contributed by atoms with Gasteiger partial charge in [-0.3, -0.25) is 0 Å². The first-order valence-corrected chi connectivity index (χ1v) is 12.2. The van der Waals surface area contributed by atoms with E-state index in [1.807, 2.05) is 39.0 Å². The van der Waals surface area contributed by atoms with Crippen LogP contribution >= 0.6 is 0 Å². The van der Waals surface area contributed by atoms with Gasteiger partial charge in [0.25, 0.3) is 0 Å². The summed E-state index contributed by atoms with van der Waals surface area (Å²) in [5.74, 6) is 0.201. The zero-order chi connectivity index (χ0) is 18.5. The topological polar surface area (TPSA) is 38.3 Å². The lowest BCUT2D eigenvalue weighted by atomic mass is 9.90. The van der Waals surface area contributed by atoms with Crippen molar-refractivity contribution in [2.45, 2.75) is 65.4 Å². The van der Waals surface area contributed by atoms with Gasteiger partial charge in [0.2, 0.25) is 0 Å². The Bertz CT molecular complexity index is 555. The van der Waals surface area contributed by atoms with Gasteiger partial charge in [-0.15, -0.1) is 6.58 Å². The van der Waals surface area contributed by atoms with E-state index in [4.69, 9.17) is 4.74 Å². The lowest BCUT2D eigenvalue weighted by molar-refractivity contribution is 0.0490. The number of hydrogen-bond donors (Lipinski definition) is 1. The molecular formula is C20H33NO2Si. The summed E-state index contributed by atoms with van der Waals surface area (Å²) in [6.45, 7) is 19.1. The third-order valence-corrected chi connectivity index (χ3v) is 6.38. The number of carbonyl (C=O) groups is 1. The highest BCUT2D eigenvalue weighted by Gasteiger charge is 2.32. The minimum Gasteiger partial charge on any atom is -0.444 e. The molecule has 0 heterocycles. The van der Waals surface area contributed by atoms with Crippen LogP contribution in [-0.2, 0) is 4.74 Å². The number of amides is 1. The molecule has 0 aromatic heterocycles. The molecule has 1 aromatic carbocycles. The number of carbonyl (C=O) groups excluding carboxylic acids is 1.